The highest BCUT2D eigenvalue weighted by Crippen LogP contribution is 2.41. The molecule has 1 fully saturated rings. The summed E-state index contributed by atoms with van der Waals surface area (Å²) in [5.41, 5.74) is 0.0983. The molecule has 1 aliphatic carbocycles. The molecule has 0 aliphatic heterocycles. The average Bonchev–Trinajstić information content (AvgIpc) is 2.45. The van der Waals surface area contributed by atoms with Crippen LogP contribution in [-0.4, -0.2) is 19.1 Å². The van der Waals surface area contributed by atoms with E-state index < -0.39 is 29.6 Å². The molecule has 0 aromatic heterocycles. The lowest BCUT2D eigenvalue weighted by molar-refractivity contribution is -0.184. The number of carbonyl (C=O) groups is 1. The molecule has 2 unspecified atom stereocenters. The van der Waals surface area contributed by atoms with Gasteiger partial charge in [0.1, 0.15) is 0 Å². The van der Waals surface area contributed by atoms with Gasteiger partial charge in [-0.15, -0.1) is 0 Å². The molecule has 1 saturated carbocycles. The van der Waals surface area contributed by atoms with Gasteiger partial charge in [0.05, 0.1) is 13.0 Å². The quantitative estimate of drug-likeness (QED) is 0.611. The Kier molecular flexibility index (Phi) is 4.54. The zero-order valence-corrected chi connectivity index (χ0v) is 11.5. The summed E-state index contributed by atoms with van der Waals surface area (Å²) in [5.74, 6) is -3.25. The van der Waals surface area contributed by atoms with Crippen LogP contribution in [0.4, 0.5) is 17.6 Å². The van der Waals surface area contributed by atoms with E-state index in [9.17, 15) is 22.4 Å². The Balaban J connectivity index is 2.14. The lowest BCUT2D eigenvalue weighted by atomic mass is 9.77. The molecule has 1 aliphatic rings. The summed E-state index contributed by atoms with van der Waals surface area (Å²) in [5, 5.41) is 0. The van der Waals surface area contributed by atoms with Crippen LogP contribution in [0.25, 0.3) is 0 Å². The number of methoxy groups -OCH3 is 1. The summed E-state index contributed by atoms with van der Waals surface area (Å²) in [7, 11) is 1.30. The topological polar surface area (TPSA) is 26.3 Å². The van der Waals surface area contributed by atoms with E-state index in [1.54, 1.807) is 0 Å². The monoisotopic (exact) mass is 304 g/mol. The number of carbonyl (C=O) groups excluding carboxylic acids is 1. The highest BCUT2D eigenvalue weighted by molar-refractivity contribution is 5.98. The zero-order chi connectivity index (χ0) is 15.6. The Morgan fingerprint density at radius 2 is 2.00 bits per heavy atom. The second-order valence-electron chi connectivity index (χ2n) is 5.32. The minimum atomic E-state index is -4.27. The summed E-state index contributed by atoms with van der Waals surface area (Å²) in [4.78, 5) is 12.2. The molecule has 0 bridgehead atoms. The van der Waals surface area contributed by atoms with Crippen molar-refractivity contribution < 1.29 is 27.1 Å². The molecular weight excluding hydrogens is 288 g/mol. The summed E-state index contributed by atoms with van der Waals surface area (Å²) in [6.45, 7) is 0. The molecule has 2 rings (SSSR count). The van der Waals surface area contributed by atoms with Gasteiger partial charge < -0.3 is 4.74 Å². The van der Waals surface area contributed by atoms with Crippen molar-refractivity contribution in [1.82, 2.24) is 0 Å². The fraction of sp³-hybridized carbons (Fsp3) is 0.533. The third-order valence-electron chi connectivity index (χ3n) is 3.94. The molecule has 2 nitrogen and oxygen atoms in total. The maximum atomic E-state index is 13.6. The van der Waals surface area contributed by atoms with Crippen molar-refractivity contribution in [3.05, 3.63) is 29.6 Å². The van der Waals surface area contributed by atoms with Gasteiger partial charge in [0.2, 0.25) is 0 Å². The Bertz CT molecular complexity index is 525. The smallest absolute Gasteiger partial charge is 0.391 e. The molecule has 0 saturated heterocycles. The minimum absolute atomic E-state index is 0.00311. The SMILES string of the molecule is COc1ccc(C(=O)C2CCCC(C(F)(F)F)C2)cc1F. The largest absolute Gasteiger partial charge is 0.494 e. The highest BCUT2D eigenvalue weighted by Gasteiger charge is 2.43. The van der Waals surface area contributed by atoms with E-state index in [-0.39, 0.29) is 24.2 Å². The lowest BCUT2D eigenvalue weighted by Gasteiger charge is -2.29. The van der Waals surface area contributed by atoms with Crippen molar-refractivity contribution in [2.45, 2.75) is 31.9 Å². The summed E-state index contributed by atoms with van der Waals surface area (Å²) >= 11 is 0. The van der Waals surface area contributed by atoms with Gasteiger partial charge in [0, 0.05) is 11.5 Å². The van der Waals surface area contributed by atoms with Gasteiger partial charge in [-0.05, 0) is 37.5 Å². The Hall–Kier alpha value is -1.59. The van der Waals surface area contributed by atoms with Gasteiger partial charge in [-0.2, -0.15) is 13.2 Å². The van der Waals surface area contributed by atoms with E-state index in [1.807, 2.05) is 0 Å². The number of Topliss-reactive ketones (excluding diaryl/α,β-unsaturated/α-hetero) is 1. The van der Waals surface area contributed by atoms with Gasteiger partial charge in [-0.3, -0.25) is 4.79 Å². The standard InChI is InChI=1S/C15H16F4O2/c1-21-13-6-5-10(8-12(13)16)14(20)9-3-2-4-11(7-9)15(17,18)19/h5-6,8-9,11H,2-4,7H2,1H3. The normalized spacial score (nSPS) is 22.9. The van der Waals surface area contributed by atoms with Crippen LogP contribution in [0.1, 0.15) is 36.0 Å². The number of ketones is 1. The molecule has 6 heteroatoms. The molecule has 0 radical (unpaired) electrons. The van der Waals surface area contributed by atoms with E-state index in [0.29, 0.717) is 12.8 Å². The predicted octanol–water partition coefficient (Wildman–Crippen LogP) is 4.39. The Morgan fingerprint density at radius 3 is 2.57 bits per heavy atom. The van der Waals surface area contributed by atoms with Crippen LogP contribution in [0.15, 0.2) is 18.2 Å². The van der Waals surface area contributed by atoms with Gasteiger partial charge in [-0.1, -0.05) is 6.42 Å². The summed E-state index contributed by atoms with van der Waals surface area (Å²) < 4.78 is 56.6. The maximum absolute atomic E-state index is 13.6. The van der Waals surface area contributed by atoms with Crippen LogP contribution in [0.5, 0.6) is 5.75 Å². The lowest BCUT2D eigenvalue weighted by Crippen LogP contribution is -2.31. The number of benzene rings is 1. The minimum Gasteiger partial charge on any atom is -0.494 e. The molecule has 116 valence electrons. The fourth-order valence-corrected chi connectivity index (χ4v) is 2.78. The van der Waals surface area contributed by atoms with Crippen LogP contribution in [-0.2, 0) is 0 Å². The van der Waals surface area contributed by atoms with Crippen LogP contribution < -0.4 is 4.74 Å². The number of hydrogen-bond donors (Lipinski definition) is 0. The van der Waals surface area contributed by atoms with Crippen molar-refractivity contribution in [3.63, 3.8) is 0 Å². The number of hydrogen-bond acceptors (Lipinski definition) is 2. The van der Waals surface area contributed by atoms with Gasteiger partial charge in [-0.25, -0.2) is 4.39 Å². The van der Waals surface area contributed by atoms with E-state index in [4.69, 9.17) is 4.74 Å². The van der Waals surface area contributed by atoms with E-state index >= 15 is 0 Å². The third kappa shape index (κ3) is 3.54. The molecule has 0 spiro atoms. The van der Waals surface area contributed by atoms with Crippen molar-refractivity contribution in [2.75, 3.05) is 7.11 Å². The molecule has 1 aromatic rings. The molecule has 2 atom stereocenters. The van der Waals surface area contributed by atoms with Crippen molar-refractivity contribution in [3.8, 4) is 5.75 Å². The second-order valence-corrected chi connectivity index (χ2v) is 5.32. The molecule has 1 aromatic carbocycles. The number of ether oxygens (including phenoxy) is 1. The summed E-state index contributed by atoms with van der Waals surface area (Å²) in [6.07, 6.45) is -3.65. The molecule has 0 N–H and O–H groups in total. The molecule has 0 heterocycles. The van der Waals surface area contributed by atoms with E-state index in [2.05, 4.69) is 0 Å². The zero-order valence-electron chi connectivity index (χ0n) is 11.5. The van der Waals surface area contributed by atoms with Crippen molar-refractivity contribution in [2.24, 2.45) is 11.8 Å². The van der Waals surface area contributed by atoms with Crippen molar-refractivity contribution in [1.29, 1.82) is 0 Å². The van der Waals surface area contributed by atoms with Crippen LogP contribution in [0.2, 0.25) is 0 Å². The van der Waals surface area contributed by atoms with E-state index in [1.165, 1.54) is 19.2 Å². The number of rotatable bonds is 3. The van der Waals surface area contributed by atoms with Gasteiger partial charge in [0.25, 0.3) is 0 Å². The molecule has 0 amide bonds. The summed E-state index contributed by atoms with van der Waals surface area (Å²) in [6, 6.07) is 3.73. The predicted molar refractivity (Wildman–Crippen MR) is 68.8 cm³/mol. The van der Waals surface area contributed by atoms with Gasteiger partial charge >= 0.3 is 6.18 Å². The first-order valence-corrected chi connectivity index (χ1v) is 6.77. The van der Waals surface area contributed by atoms with Crippen LogP contribution in [0.3, 0.4) is 0 Å². The first-order chi connectivity index (χ1) is 9.82. The molecule has 21 heavy (non-hydrogen) atoms. The van der Waals surface area contributed by atoms with Crippen molar-refractivity contribution >= 4 is 5.78 Å². The number of halogens is 4. The number of alkyl halides is 3. The van der Waals surface area contributed by atoms with E-state index in [0.717, 1.165) is 6.07 Å². The average molecular weight is 304 g/mol. The second kappa shape index (κ2) is 6.03. The molecular formula is C15H16F4O2. The first-order valence-electron chi connectivity index (χ1n) is 6.77. The van der Waals surface area contributed by atoms with Crippen LogP contribution >= 0.6 is 0 Å². The first kappa shape index (κ1) is 15.8. The fourth-order valence-electron chi connectivity index (χ4n) is 2.78. The highest BCUT2D eigenvalue weighted by atomic mass is 19.4. The Morgan fingerprint density at radius 1 is 1.29 bits per heavy atom. The maximum Gasteiger partial charge on any atom is 0.391 e. The van der Waals surface area contributed by atoms with Crippen LogP contribution in [0, 0.1) is 17.7 Å². The van der Waals surface area contributed by atoms with Gasteiger partial charge in [0.15, 0.2) is 17.3 Å². The third-order valence-corrected chi connectivity index (χ3v) is 3.94. The Labute approximate surface area is 120 Å².